The molecule has 0 amide bonds. The summed E-state index contributed by atoms with van der Waals surface area (Å²) >= 11 is 0. The number of carbonyl (C=O) groups excluding carboxylic acids is 1. The number of methoxy groups -OCH3 is 1. The maximum atomic E-state index is 12.3. The van der Waals surface area contributed by atoms with Crippen molar-refractivity contribution in [2.45, 2.75) is 51.9 Å². The van der Waals surface area contributed by atoms with E-state index in [1.165, 1.54) is 6.42 Å². The highest BCUT2D eigenvalue weighted by Crippen LogP contribution is 2.36. The monoisotopic (exact) mass is 526 g/mol. The molecule has 1 fully saturated rings. The van der Waals surface area contributed by atoms with E-state index in [9.17, 15) is 4.79 Å². The molecule has 8 nitrogen and oxygen atoms in total. The van der Waals surface area contributed by atoms with Gasteiger partial charge in [-0.15, -0.1) is 0 Å². The molecule has 1 heterocycles. The van der Waals surface area contributed by atoms with Gasteiger partial charge in [-0.1, -0.05) is 30.3 Å². The molecule has 39 heavy (non-hydrogen) atoms. The Morgan fingerprint density at radius 1 is 1.08 bits per heavy atom. The van der Waals surface area contributed by atoms with Gasteiger partial charge in [0.1, 0.15) is 23.9 Å². The minimum absolute atomic E-state index is 0.0416. The number of amidine groups is 1. The van der Waals surface area contributed by atoms with Crippen molar-refractivity contribution in [1.82, 2.24) is 9.78 Å². The third-order valence-electron chi connectivity index (χ3n) is 7.15. The first-order valence-corrected chi connectivity index (χ1v) is 13.3. The molecule has 0 atom stereocenters. The molecule has 1 saturated carbocycles. The van der Waals surface area contributed by atoms with Crippen LogP contribution in [0.15, 0.2) is 60.7 Å². The number of rotatable bonds is 11. The summed E-state index contributed by atoms with van der Waals surface area (Å²) in [7, 11) is 1.64. The van der Waals surface area contributed by atoms with Gasteiger partial charge in [0.25, 0.3) is 0 Å². The Hall–Kier alpha value is -4.17. The fourth-order valence-electron chi connectivity index (χ4n) is 4.95. The van der Waals surface area contributed by atoms with E-state index in [1.54, 1.807) is 14.0 Å². The number of benzene rings is 3. The van der Waals surface area contributed by atoms with Crippen LogP contribution in [0.1, 0.15) is 54.6 Å². The Morgan fingerprint density at radius 3 is 2.62 bits per heavy atom. The zero-order valence-corrected chi connectivity index (χ0v) is 22.4. The van der Waals surface area contributed by atoms with Crippen molar-refractivity contribution in [2.24, 2.45) is 5.73 Å². The summed E-state index contributed by atoms with van der Waals surface area (Å²) in [4.78, 5) is 12.3. The normalized spacial score (nSPS) is 13.3. The van der Waals surface area contributed by atoms with Gasteiger partial charge in [0.2, 0.25) is 0 Å². The molecule has 4 aromatic rings. The fourth-order valence-corrected chi connectivity index (χ4v) is 4.95. The number of ether oxygens (including phenoxy) is 3. The van der Waals surface area contributed by atoms with Crippen LogP contribution >= 0.6 is 0 Å². The molecule has 0 unspecified atom stereocenters. The Kier molecular flexibility index (Phi) is 7.93. The molecule has 202 valence electrons. The van der Waals surface area contributed by atoms with Crippen LogP contribution in [0.3, 0.4) is 0 Å². The third-order valence-corrected chi connectivity index (χ3v) is 7.15. The number of nitrogens with two attached hydrogens (primary N) is 1. The van der Waals surface area contributed by atoms with Crippen molar-refractivity contribution in [3.8, 4) is 16.9 Å². The quantitative estimate of drug-likeness (QED) is 0.151. The topological polar surface area (TPSA) is 112 Å². The van der Waals surface area contributed by atoms with Gasteiger partial charge in [0.15, 0.2) is 0 Å². The molecule has 5 rings (SSSR count). The predicted octanol–water partition coefficient (Wildman–Crippen LogP) is 5.54. The smallest absolute Gasteiger partial charge is 0.310 e. The predicted molar refractivity (Wildman–Crippen MR) is 151 cm³/mol. The second kappa shape index (κ2) is 11.7. The zero-order valence-electron chi connectivity index (χ0n) is 22.4. The highest BCUT2D eigenvalue weighted by Gasteiger charge is 2.24. The van der Waals surface area contributed by atoms with Crippen molar-refractivity contribution in [3.63, 3.8) is 0 Å². The van der Waals surface area contributed by atoms with Crippen molar-refractivity contribution in [1.29, 1.82) is 5.41 Å². The van der Waals surface area contributed by atoms with Gasteiger partial charge in [-0.05, 0) is 73.2 Å². The van der Waals surface area contributed by atoms with E-state index in [-0.39, 0.29) is 24.8 Å². The highest BCUT2D eigenvalue weighted by molar-refractivity contribution is 5.96. The molecule has 1 aliphatic rings. The summed E-state index contributed by atoms with van der Waals surface area (Å²) in [6, 6.07) is 20.2. The Labute approximate surface area is 228 Å². The van der Waals surface area contributed by atoms with Crippen LogP contribution in [0.2, 0.25) is 0 Å². The van der Waals surface area contributed by atoms with Crippen molar-refractivity contribution >= 4 is 22.7 Å². The van der Waals surface area contributed by atoms with Gasteiger partial charge in [0, 0.05) is 23.6 Å². The van der Waals surface area contributed by atoms with Gasteiger partial charge in [-0.3, -0.25) is 14.9 Å². The standard InChI is InChI=1S/C31H34N4O4/c1-3-38-30(36)17-24-14-20(18-37-2)10-13-29(24)39-19-27-26-16-22(21-6-4-7-23(15-21)31(32)33)11-12-28(26)35(34-27)25-8-5-9-25/h4,6-7,10-16,25H,3,5,8-9,17-19H2,1-2H3,(H3,32,33). The van der Waals surface area contributed by atoms with E-state index in [2.05, 4.69) is 22.9 Å². The van der Waals surface area contributed by atoms with Crippen LogP contribution in [0.5, 0.6) is 5.75 Å². The van der Waals surface area contributed by atoms with Crippen LogP contribution in [-0.2, 0) is 33.9 Å². The summed E-state index contributed by atoms with van der Waals surface area (Å²) in [5, 5.41) is 13.8. The SMILES string of the molecule is CCOC(=O)Cc1cc(COC)ccc1OCc1nn(C2CCC2)c2ccc(-c3cccc(C(=N)N)c3)cc12. The number of hydrogen-bond donors (Lipinski definition) is 2. The van der Waals surface area contributed by atoms with Crippen LogP contribution in [-0.4, -0.2) is 35.3 Å². The van der Waals surface area contributed by atoms with E-state index in [1.807, 2.05) is 42.5 Å². The van der Waals surface area contributed by atoms with Gasteiger partial charge in [-0.2, -0.15) is 5.10 Å². The molecule has 0 aliphatic heterocycles. The minimum atomic E-state index is -0.297. The molecule has 0 radical (unpaired) electrons. The lowest BCUT2D eigenvalue weighted by Gasteiger charge is -2.26. The van der Waals surface area contributed by atoms with Crippen molar-refractivity contribution in [2.75, 3.05) is 13.7 Å². The summed E-state index contributed by atoms with van der Waals surface area (Å²) in [6.07, 6.45) is 3.56. The van der Waals surface area contributed by atoms with Crippen LogP contribution in [0, 0.1) is 5.41 Å². The first-order valence-electron chi connectivity index (χ1n) is 13.3. The van der Waals surface area contributed by atoms with Gasteiger partial charge < -0.3 is 19.9 Å². The fraction of sp³-hybridized carbons (Fsp3) is 0.323. The van der Waals surface area contributed by atoms with Crippen molar-refractivity contribution < 1.29 is 19.0 Å². The van der Waals surface area contributed by atoms with Gasteiger partial charge in [0.05, 0.1) is 31.2 Å². The van der Waals surface area contributed by atoms with Crippen molar-refractivity contribution in [3.05, 3.63) is 83.0 Å². The van der Waals surface area contributed by atoms with Crippen LogP contribution < -0.4 is 10.5 Å². The maximum absolute atomic E-state index is 12.3. The molecular weight excluding hydrogens is 492 g/mol. The first kappa shape index (κ1) is 26.4. The second-order valence-electron chi connectivity index (χ2n) is 9.85. The molecule has 3 N–H and O–H groups in total. The number of carbonyl (C=O) groups is 1. The van der Waals surface area contributed by atoms with Gasteiger partial charge >= 0.3 is 5.97 Å². The first-order chi connectivity index (χ1) is 19.0. The number of nitrogens with one attached hydrogen (secondary N) is 1. The molecule has 1 aliphatic carbocycles. The Bertz CT molecular complexity index is 1510. The Balaban J connectivity index is 1.48. The molecule has 0 bridgehead atoms. The Morgan fingerprint density at radius 2 is 1.90 bits per heavy atom. The largest absolute Gasteiger partial charge is 0.487 e. The number of nitrogen functional groups attached to an aromatic ring is 1. The van der Waals surface area contributed by atoms with E-state index < -0.39 is 0 Å². The lowest BCUT2D eigenvalue weighted by molar-refractivity contribution is -0.142. The lowest BCUT2D eigenvalue weighted by Crippen LogP contribution is -2.18. The van der Waals surface area contributed by atoms with E-state index in [0.717, 1.165) is 51.7 Å². The number of aromatic nitrogens is 2. The van der Waals surface area contributed by atoms with Gasteiger partial charge in [-0.25, -0.2) is 0 Å². The number of hydrogen-bond acceptors (Lipinski definition) is 6. The third kappa shape index (κ3) is 5.81. The molecule has 8 heteroatoms. The summed E-state index contributed by atoms with van der Waals surface area (Å²) < 4.78 is 18.9. The molecule has 3 aromatic carbocycles. The average Bonchev–Trinajstić information content (AvgIpc) is 3.25. The van der Waals surface area contributed by atoms with Crippen LogP contribution in [0.4, 0.5) is 0 Å². The molecular formula is C31H34N4O4. The van der Waals surface area contributed by atoms with E-state index in [0.29, 0.717) is 30.6 Å². The molecule has 0 saturated heterocycles. The highest BCUT2D eigenvalue weighted by atomic mass is 16.5. The molecule has 0 spiro atoms. The second-order valence-corrected chi connectivity index (χ2v) is 9.85. The number of fused-ring (bicyclic) bond motifs is 1. The zero-order chi connectivity index (χ0) is 27.4. The summed E-state index contributed by atoms with van der Waals surface area (Å²) in [5.41, 5.74) is 12.1. The summed E-state index contributed by atoms with van der Waals surface area (Å²) in [6.45, 7) is 2.83. The number of nitrogens with zero attached hydrogens (tertiary/aromatic N) is 2. The number of esters is 1. The average molecular weight is 527 g/mol. The summed E-state index contributed by atoms with van der Waals surface area (Å²) in [5.74, 6) is 0.369. The minimum Gasteiger partial charge on any atom is -0.487 e. The molecule has 1 aromatic heterocycles. The van der Waals surface area contributed by atoms with Crippen LogP contribution in [0.25, 0.3) is 22.0 Å². The maximum Gasteiger partial charge on any atom is 0.310 e. The van der Waals surface area contributed by atoms with E-state index in [4.69, 9.17) is 30.5 Å². The lowest BCUT2D eigenvalue weighted by atomic mass is 9.93. The van der Waals surface area contributed by atoms with E-state index >= 15 is 0 Å².